The van der Waals surface area contributed by atoms with Gasteiger partial charge in [0.25, 0.3) is 0 Å². The lowest BCUT2D eigenvalue weighted by Gasteiger charge is -2.14. The third kappa shape index (κ3) is 4.74. The van der Waals surface area contributed by atoms with E-state index in [1.165, 1.54) is 0 Å². The molecular weight excluding hydrogens is 171 g/mol. The van der Waals surface area contributed by atoms with Gasteiger partial charge in [0.15, 0.2) is 0 Å². The van der Waals surface area contributed by atoms with E-state index in [0.29, 0.717) is 18.9 Å². The van der Waals surface area contributed by atoms with E-state index in [1.807, 2.05) is 6.92 Å². The van der Waals surface area contributed by atoms with E-state index >= 15 is 0 Å². The molecule has 0 radical (unpaired) electrons. The highest BCUT2D eigenvalue weighted by Crippen LogP contribution is 2.46. The second-order valence-corrected chi connectivity index (χ2v) is 5.67. The first-order valence-electron chi connectivity index (χ1n) is 4.52. The summed E-state index contributed by atoms with van der Waals surface area (Å²) in [5.41, 5.74) is 0. The molecule has 0 aromatic rings. The zero-order valence-corrected chi connectivity index (χ0v) is 8.98. The number of hydrogen-bond acceptors (Lipinski definition) is 2. The number of rotatable bonds is 7. The lowest BCUT2D eigenvalue weighted by Crippen LogP contribution is -1.97. The van der Waals surface area contributed by atoms with Crippen molar-refractivity contribution in [3.63, 3.8) is 0 Å². The summed E-state index contributed by atoms with van der Waals surface area (Å²) in [6.45, 7) is 8.18. The van der Waals surface area contributed by atoms with Gasteiger partial charge < -0.3 is 4.52 Å². The second-order valence-electron chi connectivity index (χ2n) is 2.79. The predicted molar refractivity (Wildman–Crippen MR) is 54.1 cm³/mol. The van der Waals surface area contributed by atoms with E-state index in [2.05, 4.69) is 13.5 Å². The number of hydrogen-bond donors (Lipinski definition) is 0. The Morgan fingerprint density at radius 1 is 1.50 bits per heavy atom. The van der Waals surface area contributed by atoms with Crippen molar-refractivity contribution in [2.75, 3.05) is 18.9 Å². The quantitative estimate of drug-likeness (QED) is 0.350. The van der Waals surface area contributed by atoms with Gasteiger partial charge >= 0.3 is 0 Å². The molecule has 0 spiro atoms. The van der Waals surface area contributed by atoms with Gasteiger partial charge in [-0.05, 0) is 6.42 Å². The van der Waals surface area contributed by atoms with Gasteiger partial charge in [-0.25, -0.2) is 0 Å². The smallest absolute Gasteiger partial charge is 0.206 e. The van der Waals surface area contributed by atoms with Crippen LogP contribution in [-0.2, 0) is 9.09 Å². The molecule has 0 aromatic carbocycles. The molecule has 0 heterocycles. The van der Waals surface area contributed by atoms with Gasteiger partial charge in [-0.15, -0.1) is 6.58 Å². The van der Waals surface area contributed by atoms with Crippen molar-refractivity contribution in [2.24, 2.45) is 0 Å². The summed E-state index contributed by atoms with van der Waals surface area (Å²) < 4.78 is 17.1. The van der Waals surface area contributed by atoms with Crippen LogP contribution < -0.4 is 0 Å². The predicted octanol–water partition coefficient (Wildman–Crippen LogP) is 3.29. The van der Waals surface area contributed by atoms with Crippen LogP contribution in [0, 0.1) is 0 Å². The highest BCUT2D eigenvalue weighted by Gasteiger charge is 2.17. The van der Waals surface area contributed by atoms with Gasteiger partial charge in [-0.1, -0.05) is 26.3 Å². The normalized spacial score (nSPS) is 15.5. The Morgan fingerprint density at radius 3 is 2.58 bits per heavy atom. The van der Waals surface area contributed by atoms with Gasteiger partial charge in [0, 0.05) is 12.3 Å². The maximum absolute atomic E-state index is 11.8. The summed E-state index contributed by atoms with van der Waals surface area (Å²) in [6, 6.07) is 0. The summed E-state index contributed by atoms with van der Waals surface area (Å²) in [5.74, 6) is 0. The lowest BCUT2D eigenvalue weighted by atomic mass is 10.4. The minimum Gasteiger partial charge on any atom is -0.328 e. The van der Waals surface area contributed by atoms with Crippen molar-refractivity contribution in [1.29, 1.82) is 0 Å². The summed E-state index contributed by atoms with van der Waals surface area (Å²) in [4.78, 5) is 0. The highest BCUT2D eigenvalue weighted by molar-refractivity contribution is 7.59. The first kappa shape index (κ1) is 11.9. The Hall–Kier alpha value is -0.0700. The molecule has 0 aliphatic rings. The topological polar surface area (TPSA) is 26.3 Å². The Morgan fingerprint density at radius 2 is 2.17 bits per heavy atom. The molecule has 72 valence electrons. The molecule has 2 nitrogen and oxygen atoms in total. The van der Waals surface area contributed by atoms with E-state index < -0.39 is 7.37 Å². The Balaban J connectivity index is 3.79. The fourth-order valence-corrected chi connectivity index (χ4v) is 2.25. The Bertz CT molecular complexity index is 166. The van der Waals surface area contributed by atoms with Crippen molar-refractivity contribution in [3.05, 3.63) is 12.7 Å². The average Bonchev–Trinajstić information content (AvgIpc) is 2.06. The molecule has 0 fully saturated rings. The monoisotopic (exact) mass is 190 g/mol. The fourth-order valence-electron chi connectivity index (χ4n) is 0.845. The van der Waals surface area contributed by atoms with Crippen LogP contribution in [0.3, 0.4) is 0 Å². The Kier molecular flexibility index (Phi) is 6.41. The molecule has 1 atom stereocenters. The van der Waals surface area contributed by atoms with Crippen molar-refractivity contribution in [1.82, 2.24) is 0 Å². The summed E-state index contributed by atoms with van der Waals surface area (Å²) in [5, 5.41) is 0. The molecule has 0 N–H and O–H groups in total. The zero-order valence-electron chi connectivity index (χ0n) is 8.08. The lowest BCUT2D eigenvalue weighted by molar-refractivity contribution is 0.308. The first-order valence-corrected chi connectivity index (χ1v) is 6.51. The minimum atomic E-state index is -2.35. The van der Waals surface area contributed by atoms with Crippen LogP contribution in [0.2, 0.25) is 0 Å². The SMILES string of the molecule is C=CCP(=O)(CC)OCCCC. The van der Waals surface area contributed by atoms with E-state index in [9.17, 15) is 4.57 Å². The molecule has 0 amide bonds. The molecule has 0 bridgehead atoms. The van der Waals surface area contributed by atoms with E-state index in [1.54, 1.807) is 6.08 Å². The van der Waals surface area contributed by atoms with Crippen LogP contribution in [0.1, 0.15) is 26.7 Å². The summed E-state index contributed by atoms with van der Waals surface area (Å²) in [7, 11) is -2.35. The highest BCUT2D eigenvalue weighted by atomic mass is 31.2. The average molecular weight is 190 g/mol. The molecule has 0 aromatic heterocycles. The van der Waals surface area contributed by atoms with Crippen molar-refractivity contribution >= 4 is 7.37 Å². The third-order valence-electron chi connectivity index (χ3n) is 1.71. The third-order valence-corrected chi connectivity index (χ3v) is 4.14. The minimum absolute atomic E-state index is 0.507. The molecular formula is C9H19O2P. The van der Waals surface area contributed by atoms with Crippen LogP contribution >= 0.6 is 7.37 Å². The van der Waals surface area contributed by atoms with Crippen LogP contribution in [0.4, 0.5) is 0 Å². The molecule has 0 saturated heterocycles. The van der Waals surface area contributed by atoms with Crippen LogP contribution in [0.15, 0.2) is 12.7 Å². The Labute approximate surface area is 75.5 Å². The van der Waals surface area contributed by atoms with Crippen molar-refractivity contribution in [2.45, 2.75) is 26.7 Å². The van der Waals surface area contributed by atoms with Gasteiger partial charge in [-0.3, -0.25) is 4.57 Å². The molecule has 0 aliphatic heterocycles. The molecule has 0 saturated carbocycles. The molecule has 1 unspecified atom stereocenters. The molecule has 0 rings (SSSR count). The van der Waals surface area contributed by atoms with Gasteiger partial charge in [-0.2, -0.15) is 0 Å². The summed E-state index contributed by atoms with van der Waals surface area (Å²) in [6.07, 6.45) is 4.87. The van der Waals surface area contributed by atoms with Crippen LogP contribution in [0.25, 0.3) is 0 Å². The number of unbranched alkanes of at least 4 members (excludes halogenated alkanes) is 1. The van der Waals surface area contributed by atoms with Crippen LogP contribution in [0.5, 0.6) is 0 Å². The van der Waals surface area contributed by atoms with Crippen molar-refractivity contribution < 1.29 is 9.09 Å². The van der Waals surface area contributed by atoms with E-state index in [-0.39, 0.29) is 0 Å². The standard InChI is InChI=1S/C9H19O2P/c1-4-7-8-11-12(10,6-3)9-5-2/h5H,2,4,6-9H2,1,3H3. The zero-order chi connectivity index (χ0) is 9.45. The van der Waals surface area contributed by atoms with Gasteiger partial charge in [0.2, 0.25) is 7.37 Å². The van der Waals surface area contributed by atoms with Gasteiger partial charge in [0.1, 0.15) is 0 Å². The van der Waals surface area contributed by atoms with E-state index in [0.717, 1.165) is 12.8 Å². The molecule has 12 heavy (non-hydrogen) atoms. The maximum Gasteiger partial charge on any atom is 0.206 e. The number of allylic oxidation sites excluding steroid dienone is 1. The van der Waals surface area contributed by atoms with E-state index in [4.69, 9.17) is 4.52 Å². The first-order chi connectivity index (χ1) is 5.68. The maximum atomic E-state index is 11.8. The van der Waals surface area contributed by atoms with Crippen molar-refractivity contribution in [3.8, 4) is 0 Å². The second kappa shape index (κ2) is 6.45. The van der Waals surface area contributed by atoms with Gasteiger partial charge in [0.05, 0.1) is 6.61 Å². The van der Waals surface area contributed by atoms with Crippen LogP contribution in [-0.4, -0.2) is 18.9 Å². The summed E-state index contributed by atoms with van der Waals surface area (Å²) >= 11 is 0. The molecule has 3 heteroatoms. The fraction of sp³-hybridized carbons (Fsp3) is 0.778. The molecule has 0 aliphatic carbocycles. The largest absolute Gasteiger partial charge is 0.328 e.